The minimum absolute atomic E-state index is 0.169. The van der Waals surface area contributed by atoms with E-state index in [4.69, 9.17) is 4.74 Å². The van der Waals surface area contributed by atoms with Crippen LogP contribution in [0.3, 0.4) is 0 Å². The van der Waals surface area contributed by atoms with E-state index in [1.165, 1.54) is 12.3 Å². The number of fused-ring (bicyclic) bond motifs is 1. The molecule has 1 fully saturated rings. The molecule has 1 saturated heterocycles. The first-order valence-corrected chi connectivity index (χ1v) is 10.7. The molecule has 11 heteroatoms. The number of nitrogens with zero attached hydrogens (tertiary/aromatic N) is 5. The number of rotatable bonds is 7. The fourth-order valence-corrected chi connectivity index (χ4v) is 3.57. The molecule has 3 N–H and O–H groups in total. The van der Waals surface area contributed by atoms with E-state index < -0.39 is 5.82 Å². The molecule has 0 spiro atoms. The topological polar surface area (TPSA) is 105 Å². The summed E-state index contributed by atoms with van der Waals surface area (Å²) in [6, 6.07) is 2.77. The molecule has 2 amide bonds. The van der Waals surface area contributed by atoms with Crippen LogP contribution < -0.4 is 10.1 Å². The molecule has 0 radical (unpaired) electrons. The molecule has 3 aromatic rings. The van der Waals surface area contributed by atoms with E-state index in [9.17, 15) is 9.18 Å². The van der Waals surface area contributed by atoms with Crippen LogP contribution in [0.1, 0.15) is 6.42 Å². The molecule has 2 aromatic heterocycles. The number of carbonyl (C=O) groups excluding carboxylic acids is 1. The Labute approximate surface area is 185 Å². The molecule has 0 aliphatic carbocycles. The van der Waals surface area contributed by atoms with Gasteiger partial charge in [0, 0.05) is 44.9 Å². The second kappa shape index (κ2) is 9.53. The van der Waals surface area contributed by atoms with Crippen LogP contribution in [0.5, 0.6) is 5.75 Å². The Morgan fingerprint density at radius 2 is 2.06 bits per heavy atom. The van der Waals surface area contributed by atoms with Gasteiger partial charge in [-0.05, 0) is 27.6 Å². The number of H-pyrrole nitrogens is 2. The van der Waals surface area contributed by atoms with Gasteiger partial charge in [0.25, 0.3) is 0 Å². The second-order valence-corrected chi connectivity index (χ2v) is 8.27. The summed E-state index contributed by atoms with van der Waals surface area (Å²) in [6.45, 7) is 4.27. The van der Waals surface area contributed by atoms with Crippen LogP contribution in [-0.4, -0.2) is 101 Å². The molecule has 10 nitrogen and oxygen atoms in total. The molecule has 1 aliphatic heterocycles. The fourth-order valence-electron chi connectivity index (χ4n) is 3.57. The van der Waals surface area contributed by atoms with Crippen LogP contribution >= 0.6 is 0 Å². The number of nitrogens with one attached hydrogen (secondary N) is 3. The third kappa shape index (κ3) is 5.00. The number of ether oxygens (including phenoxy) is 1. The minimum Gasteiger partial charge on any atom is -0.490 e. The summed E-state index contributed by atoms with van der Waals surface area (Å²) in [7, 11) is 6.00. The highest BCUT2D eigenvalue weighted by Gasteiger charge is 2.21. The Kier molecular flexibility index (Phi) is 6.56. The zero-order chi connectivity index (χ0) is 22.7. The molecule has 1 aliphatic rings. The number of piperazine rings is 1. The van der Waals surface area contributed by atoms with Gasteiger partial charge in [-0.1, -0.05) is 0 Å². The highest BCUT2D eigenvalue weighted by atomic mass is 19.1. The molecule has 4 rings (SSSR count). The molecular weight excluding hydrogens is 415 g/mol. The third-order valence-electron chi connectivity index (χ3n) is 5.45. The van der Waals surface area contributed by atoms with Gasteiger partial charge in [0.1, 0.15) is 5.69 Å². The van der Waals surface area contributed by atoms with Crippen LogP contribution in [0.4, 0.5) is 14.9 Å². The van der Waals surface area contributed by atoms with Gasteiger partial charge in [0.05, 0.1) is 29.5 Å². The normalized spacial score (nSPS) is 15.0. The van der Waals surface area contributed by atoms with E-state index in [2.05, 4.69) is 30.4 Å². The van der Waals surface area contributed by atoms with E-state index in [0.717, 1.165) is 26.1 Å². The monoisotopic (exact) mass is 444 g/mol. The van der Waals surface area contributed by atoms with E-state index in [1.54, 1.807) is 11.0 Å². The van der Waals surface area contributed by atoms with E-state index >= 15 is 0 Å². The third-order valence-corrected chi connectivity index (χ3v) is 5.45. The van der Waals surface area contributed by atoms with E-state index in [-0.39, 0.29) is 11.8 Å². The Bertz CT molecular complexity index is 1070. The maximum atomic E-state index is 14.5. The van der Waals surface area contributed by atoms with Crippen molar-refractivity contribution in [2.24, 2.45) is 0 Å². The Hall–Kier alpha value is -3.18. The zero-order valence-corrected chi connectivity index (χ0v) is 18.6. The summed E-state index contributed by atoms with van der Waals surface area (Å²) in [6.07, 6.45) is 2.33. The fraction of sp³-hybridized carbons (Fsp3) is 0.476. The Morgan fingerprint density at radius 3 is 2.81 bits per heavy atom. The van der Waals surface area contributed by atoms with Crippen LogP contribution in [0.15, 0.2) is 18.3 Å². The number of hydrogen-bond acceptors (Lipinski definition) is 6. The lowest BCUT2D eigenvalue weighted by Gasteiger charge is -2.32. The first-order valence-electron chi connectivity index (χ1n) is 10.7. The molecule has 172 valence electrons. The number of imidazole rings is 1. The maximum Gasteiger partial charge on any atom is 0.322 e. The van der Waals surface area contributed by atoms with Crippen molar-refractivity contribution in [1.29, 1.82) is 0 Å². The maximum absolute atomic E-state index is 14.5. The van der Waals surface area contributed by atoms with Gasteiger partial charge >= 0.3 is 6.03 Å². The second-order valence-electron chi connectivity index (χ2n) is 8.27. The lowest BCUT2D eigenvalue weighted by molar-refractivity contribution is 0.164. The number of aromatic nitrogens is 4. The lowest BCUT2D eigenvalue weighted by Crippen LogP contribution is -2.48. The molecular formula is C21H29FN8O2. The number of likely N-dealkylation sites (N-methyl/N-ethyl adjacent to an activating group) is 1. The number of hydrogen-bond donors (Lipinski definition) is 3. The average Bonchev–Trinajstić information content (AvgIpc) is 3.37. The molecule has 32 heavy (non-hydrogen) atoms. The summed E-state index contributed by atoms with van der Waals surface area (Å²) in [5.41, 5.74) is 2.13. The van der Waals surface area contributed by atoms with Gasteiger partial charge in [-0.25, -0.2) is 14.2 Å². The summed E-state index contributed by atoms with van der Waals surface area (Å²) in [5.74, 6) is 0.170. The highest BCUT2D eigenvalue weighted by Crippen LogP contribution is 2.29. The highest BCUT2D eigenvalue weighted by molar-refractivity contribution is 5.93. The summed E-state index contributed by atoms with van der Waals surface area (Å²) >= 11 is 0. The summed E-state index contributed by atoms with van der Waals surface area (Å²) in [4.78, 5) is 26.3. The number of carbonyl (C=O) groups is 1. The first kappa shape index (κ1) is 22.0. The molecule has 0 atom stereocenters. The summed E-state index contributed by atoms with van der Waals surface area (Å²) < 4.78 is 20.1. The summed E-state index contributed by atoms with van der Waals surface area (Å²) in [5, 5.41) is 9.81. The largest absolute Gasteiger partial charge is 0.490 e. The molecule has 1 aromatic carbocycles. The van der Waals surface area contributed by atoms with Crippen molar-refractivity contribution in [1.82, 2.24) is 34.9 Å². The van der Waals surface area contributed by atoms with Crippen molar-refractivity contribution >= 4 is 22.8 Å². The minimum atomic E-state index is -0.453. The predicted octanol–water partition coefficient (Wildman–Crippen LogP) is 2.20. The molecule has 0 saturated carbocycles. The van der Waals surface area contributed by atoms with Gasteiger partial charge in [-0.15, -0.1) is 0 Å². The first-order chi connectivity index (χ1) is 15.4. The zero-order valence-electron chi connectivity index (χ0n) is 18.6. The van der Waals surface area contributed by atoms with E-state index in [1.807, 2.05) is 26.0 Å². The average molecular weight is 445 g/mol. The van der Waals surface area contributed by atoms with Crippen molar-refractivity contribution < 1.29 is 13.9 Å². The van der Waals surface area contributed by atoms with Gasteiger partial charge in [-0.2, -0.15) is 5.10 Å². The predicted molar refractivity (Wildman–Crippen MR) is 120 cm³/mol. The lowest BCUT2D eigenvalue weighted by atomic mass is 10.3. The van der Waals surface area contributed by atoms with Gasteiger partial charge in [-0.3, -0.25) is 5.10 Å². The SMILES string of the molecule is CN(C)CCCOc1cc2nc(-c3[nH]ncc3NC(=O)N3CCN(C)CC3)[nH]c2cc1F. The van der Waals surface area contributed by atoms with Crippen molar-refractivity contribution in [2.45, 2.75) is 6.42 Å². The number of urea groups is 1. The number of aromatic amines is 2. The van der Waals surface area contributed by atoms with Crippen molar-refractivity contribution in [3.63, 3.8) is 0 Å². The number of amides is 2. The van der Waals surface area contributed by atoms with Crippen LogP contribution in [0.25, 0.3) is 22.6 Å². The van der Waals surface area contributed by atoms with Crippen LogP contribution in [0.2, 0.25) is 0 Å². The molecule has 0 bridgehead atoms. The van der Waals surface area contributed by atoms with Crippen LogP contribution in [-0.2, 0) is 0 Å². The molecule has 0 unspecified atom stereocenters. The van der Waals surface area contributed by atoms with Gasteiger partial charge in [0.15, 0.2) is 17.4 Å². The van der Waals surface area contributed by atoms with Gasteiger partial charge in [0.2, 0.25) is 0 Å². The number of anilines is 1. The van der Waals surface area contributed by atoms with Gasteiger partial charge < -0.3 is 29.7 Å². The van der Waals surface area contributed by atoms with E-state index in [0.29, 0.717) is 47.9 Å². The Balaban J connectivity index is 1.48. The standard InChI is InChI=1S/C21H29FN8O2/c1-28(2)5-4-10-32-18-12-16-15(11-14(18)22)24-20(25-16)19-17(13-23-27-19)26-21(31)30-8-6-29(3)7-9-30/h11-13H,4-10H2,1-3H3,(H,23,27)(H,24,25)(H,26,31). The quantitative estimate of drug-likeness (QED) is 0.483. The van der Waals surface area contributed by atoms with Crippen LogP contribution in [0, 0.1) is 5.82 Å². The smallest absolute Gasteiger partial charge is 0.322 e. The number of benzene rings is 1. The van der Waals surface area contributed by atoms with Crippen molar-refractivity contribution in [2.75, 3.05) is 65.8 Å². The Morgan fingerprint density at radius 1 is 1.28 bits per heavy atom. The number of halogens is 1. The van der Waals surface area contributed by atoms with Crippen molar-refractivity contribution in [3.8, 4) is 17.3 Å². The molecule has 3 heterocycles. The van der Waals surface area contributed by atoms with Crippen molar-refractivity contribution in [3.05, 3.63) is 24.1 Å².